The van der Waals surface area contributed by atoms with Gasteiger partial charge in [0.1, 0.15) is 5.69 Å². The van der Waals surface area contributed by atoms with E-state index >= 15 is 0 Å². The molecular formula is C21H23N3O2S. The molecule has 5 nitrogen and oxygen atoms in total. The molecule has 0 N–H and O–H groups in total. The van der Waals surface area contributed by atoms with Crippen LogP contribution in [0.3, 0.4) is 0 Å². The normalized spacial score (nSPS) is 14.7. The third-order valence-corrected chi connectivity index (χ3v) is 6.07. The molecular weight excluding hydrogens is 358 g/mol. The molecule has 27 heavy (non-hydrogen) atoms. The average molecular weight is 382 g/mol. The Morgan fingerprint density at radius 2 is 1.67 bits per heavy atom. The lowest BCUT2D eigenvalue weighted by atomic mass is 10.1. The monoisotopic (exact) mass is 381 g/mol. The van der Waals surface area contributed by atoms with E-state index < -0.39 is 0 Å². The molecule has 2 amide bonds. The zero-order valence-electron chi connectivity index (χ0n) is 15.6. The number of aromatic nitrogens is 1. The SMILES string of the molecule is CC(=O)N1CCN(C(=O)c2cc3sccc3n2Cc2ccc(C)cc2)CC1. The van der Waals surface area contributed by atoms with Gasteiger partial charge in [0.05, 0.1) is 10.2 Å². The number of nitrogens with zero attached hydrogens (tertiary/aromatic N) is 3. The molecule has 4 rings (SSSR count). The Kier molecular flexibility index (Phi) is 4.74. The molecule has 0 bridgehead atoms. The minimum Gasteiger partial charge on any atom is -0.339 e. The molecule has 0 unspecified atom stereocenters. The van der Waals surface area contributed by atoms with Gasteiger partial charge in [-0.3, -0.25) is 9.59 Å². The van der Waals surface area contributed by atoms with Crippen LogP contribution < -0.4 is 0 Å². The van der Waals surface area contributed by atoms with E-state index in [0.29, 0.717) is 32.7 Å². The maximum Gasteiger partial charge on any atom is 0.270 e. The van der Waals surface area contributed by atoms with E-state index in [2.05, 4.69) is 47.2 Å². The summed E-state index contributed by atoms with van der Waals surface area (Å²) in [6.45, 7) is 6.71. The smallest absolute Gasteiger partial charge is 0.270 e. The van der Waals surface area contributed by atoms with Crippen molar-refractivity contribution in [1.82, 2.24) is 14.4 Å². The van der Waals surface area contributed by atoms with Gasteiger partial charge in [0.2, 0.25) is 5.91 Å². The lowest BCUT2D eigenvalue weighted by molar-refractivity contribution is -0.130. The van der Waals surface area contributed by atoms with E-state index in [9.17, 15) is 9.59 Å². The number of thiophene rings is 1. The van der Waals surface area contributed by atoms with Gasteiger partial charge >= 0.3 is 0 Å². The molecule has 0 spiro atoms. The Morgan fingerprint density at radius 3 is 2.33 bits per heavy atom. The second-order valence-electron chi connectivity index (χ2n) is 7.07. The third kappa shape index (κ3) is 3.49. The molecule has 3 heterocycles. The molecule has 0 saturated carbocycles. The number of rotatable bonds is 3. The third-order valence-electron chi connectivity index (χ3n) is 5.22. The molecule has 140 valence electrons. The van der Waals surface area contributed by atoms with E-state index in [1.807, 2.05) is 11.0 Å². The van der Waals surface area contributed by atoms with Crippen LogP contribution in [0.5, 0.6) is 0 Å². The van der Waals surface area contributed by atoms with Gasteiger partial charge in [-0.2, -0.15) is 0 Å². The first kappa shape index (κ1) is 17.8. The van der Waals surface area contributed by atoms with Crippen molar-refractivity contribution in [3.63, 3.8) is 0 Å². The van der Waals surface area contributed by atoms with Crippen LogP contribution in [0, 0.1) is 6.92 Å². The second kappa shape index (κ2) is 7.19. The second-order valence-corrected chi connectivity index (χ2v) is 8.02. The van der Waals surface area contributed by atoms with Crippen molar-refractivity contribution in [2.75, 3.05) is 26.2 Å². The first-order valence-corrected chi connectivity index (χ1v) is 10.1. The van der Waals surface area contributed by atoms with Crippen molar-refractivity contribution in [3.8, 4) is 0 Å². The Hall–Kier alpha value is -2.60. The maximum absolute atomic E-state index is 13.2. The quantitative estimate of drug-likeness (QED) is 0.698. The molecule has 1 aromatic carbocycles. The fourth-order valence-electron chi connectivity index (χ4n) is 3.59. The largest absolute Gasteiger partial charge is 0.339 e. The van der Waals surface area contributed by atoms with E-state index in [1.54, 1.807) is 23.2 Å². The first-order chi connectivity index (χ1) is 13.0. The summed E-state index contributed by atoms with van der Waals surface area (Å²) < 4.78 is 3.25. The zero-order chi connectivity index (χ0) is 19.0. The number of amides is 2. The van der Waals surface area contributed by atoms with Gasteiger partial charge in [-0.05, 0) is 30.0 Å². The molecule has 3 aromatic rings. The van der Waals surface area contributed by atoms with Crippen LogP contribution in [-0.4, -0.2) is 52.4 Å². The lowest BCUT2D eigenvalue weighted by Crippen LogP contribution is -2.50. The summed E-state index contributed by atoms with van der Waals surface area (Å²) in [5.41, 5.74) is 4.24. The van der Waals surface area contributed by atoms with Crippen LogP contribution in [-0.2, 0) is 11.3 Å². The predicted molar refractivity (Wildman–Crippen MR) is 108 cm³/mol. The topological polar surface area (TPSA) is 45.6 Å². The molecule has 1 saturated heterocycles. The molecule has 6 heteroatoms. The number of benzene rings is 1. The number of carbonyl (C=O) groups is 2. The van der Waals surface area contributed by atoms with E-state index in [1.165, 1.54) is 11.1 Å². The first-order valence-electron chi connectivity index (χ1n) is 9.20. The van der Waals surface area contributed by atoms with Crippen molar-refractivity contribution in [3.05, 3.63) is 58.6 Å². The Labute approximate surface area is 162 Å². The van der Waals surface area contributed by atoms with Gasteiger partial charge in [0.15, 0.2) is 0 Å². The molecule has 0 radical (unpaired) electrons. The summed E-state index contributed by atoms with van der Waals surface area (Å²) in [7, 11) is 0. The predicted octanol–water partition coefficient (Wildman–Crippen LogP) is 3.36. The number of hydrogen-bond donors (Lipinski definition) is 0. The Morgan fingerprint density at radius 1 is 1.00 bits per heavy atom. The highest BCUT2D eigenvalue weighted by Gasteiger charge is 2.26. The standard InChI is InChI=1S/C21H23N3O2S/c1-15-3-5-17(6-4-15)14-24-18-7-12-27-20(18)13-19(24)21(26)23-10-8-22(9-11-23)16(2)25/h3-7,12-13H,8-11,14H2,1-2H3. The van der Waals surface area contributed by atoms with Crippen molar-refractivity contribution in [2.24, 2.45) is 0 Å². The summed E-state index contributed by atoms with van der Waals surface area (Å²) in [5.74, 6) is 0.124. The van der Waals surface area contributed by atoms with Gasteiger partial charge < -0.3 is 14.4 Å². The van der Waals surface area contributed by atoms with Gasteiger partial charge in [0, 0.05) is 39.6 Å². The lowest BCUT2D eigenvalue weighted by Gasteiger charge is -2.34. The fourth-order valence-corrected chi connectivity index (χ4v) is 4.41. The molecule has 0 atom stereocenters. The minimum atomic E-state index is 0.0497. The molecule has 1 fully saturated rings. The van der Waals surface area contributed by atoms with Crippen LogP contribution in [0.2, 0.25) is 0 Å². The van der Waals surface area contributed by atoms with E-state index in [4.69, 9.17) is 0 Å². The van der Waals surface area contributed by atoms with Crippen molar-refractivity contribution in [2.45, 2.75) is 20.4 Å². The van der Waals surface area contributed by atoms with Gasteiger partial charge in [-0.25, -0.2) is 0 Å². The Bertz CT molecular complexity index is 979. The summed E-state index contributed by atoms with van der Waals surface area (Å²) in [6.07, 6.45) is 0. The van der Waals surface area contributed by atoms with Crippen molar-refractivity contribution in [1.29, 1.82) is 0 Å². The molecule has 1 aliphatic rings. The zero-order valence-corrected chi connectivity index (χ0v) is 16.5. The molecule has 2 aromatic heterocycles. The van der Waals surface area contributed by atoms with Gasteiger partial charge in [-0.1, -0.05) is 29.8 Å². The van der Waals surface area contributed by atoms with Crippen LogP contribution in [0.1, 0.15) is 28.5 Å². The summed E-state index contributed by atoms with van der Waals surface area (Å²) in [5, 5.41) is 2.07. The molecule has 1 aliphatic heterocycles. The summed E-state index contributed by atoms with van der Waals surface area (Å²) in [6, 6.07) is 12.5. The summed E-state index contributed by atoms with van der Waals surface area (Å²) >= 11 is 1.66. The number of aryl methyl sites for hydroxylation is 1. The highest BCUT2D eigenvalue weighted by Crippen LogP contribution is 2.27. The summed E-state index contributed by atoms with van der Waals surface area (Å²) in [4.78, 5) is 28.4. The number of carbonyl (C=O) groups excluding carboxylic acids is 2. The number of piperazine rings is 1. The highest BCUT2D eigenvalue weighted by atomic mass is 32.1. The maximum atomic E-state index is 13.2. The fraction of sp³-hybridized carbons (Fsp3) is 0.333. The molecule has 0 aliphatic carbocycles. The van der Waals surface area contributed by atoms with Crippen LogP contribution in [0.4, 0.5) is 0 Å². The highest BCUT2D eigenvalue weighted by molar-refractivity contribution is 7.17. The Balaban J connectivity index is 1.61. The minimum absolute atomic E-state index is 0.0497. The van der Waals surface area contributed by atoms with E-state index in [-0.39, 0.29) is 11.8 Å². The van der Waals surface area contributed by atoms with Crippen molar-refractivity contribution >= 4 is 33.4 Å². The van der Waals surface area contributed by atoms with Crippen LogP contribution >= 0.6 is 11.3 Å². The van der Waals surface area contributed by atoms with Crippen LogP contribution in [0.25, 0.3) is 10.2 Å². The number of fused-ring (bicyclic) bond motifs is 1. The van der Waals surface area contributed by atoms with E-state index in [0.717, 1.165) is 15.9 Å². The van der Waals surface area contributed by atoms with Gasteiger partial charge in [-0.15, -0.1) is 11.3 Å². The average Bonchev–Trinajstić information content (AvgIpc) is 3.25. The van der Waals surface area contributed by atoms with Gasteiger partial charge in [0.25, 0.3) is 5.91 Å². The number of hydrogen-bond acceptors (Lipinski definition) is 3. The van der Waals surface area contributed by atoms with Crippen LogP contribution in [0.15, 0.2) is 41.8 Å². The van der Waals surface area contributed by atoms with Crippen molar-refractivity contribution < 1.29 is 9.59 Å².